The van der Waals surface area contributed by atoms with E-state index in [4.69, 9.17) is 14.2 Å². The zero-order valence-corrected chi connectivity index (χ0v) is 17.4. The third-order valence-corrected chi connectivity index (χ3v) is 5.01. The summed E-state index contributed by atoms with van der Waals surface area (Å²) in [5.41, 5.74) is 1.49. The number of hydrogen-bond acceptors (Lipinski definition) is 5. The van der Waals surface area contributed by atoms with Crippen molar-refractivity contribution in [3.8, 4) is 11.5 Å². The lowest BCUT2D eigenvalue weighted by Gasteiger charge is -2.13. The molecule has 1 amide bonds. The number of amides is 1. The Hall–Kier alpha value is -4.00. The number of anilines is 1. The van der Waals surface area contributed by atoms with E-state index in [-0.39, 0.29) is 5.69 Å². The van der Waals surface area contributed by atoms with Crippen molar-refractivity contribution < 1.29 is 23.8 Å². The molecule has 1 atom stereocenters. The molecule has 0 saturated heterocycles. The van der Waals surface area contributed by atoms with Crippen molar-refractivity contribution in [3.05, 3.63) is 66.4 Å². The van der Waals surface area contributed by atoms with E-state index >= 15 is 0 Å². The van der Waals surface area contributed by atoms with Crippen molar-refractivity contribution in [3.63, 3.8) is 0 Å². The van der Waals surface area contributed by atoms with Crippen molar-refractivity contribution in [2.24, 2.45) is 0 Å². The van der Waals surface area contributed by atoms with Gasteiger partial charge in [-0.1, -0.05) is 30.3 Å². The van der Waals surface area contributed by atoms with Gasteiger partial charge in [-0.3, -0.25) is 4.79 Å². The summed E-state index contributed by atoms with van der Waals surface area (Å²) >= 11 is 0. The fraction of sp³-hybridized carbons (Fsp3) is 0.167. The first kappa shape index (κ1) is 20.3. The van der Waals surface area contributed by atoms with Gasteiger partial charge < -0.3 is 24.5 Å². The first-order valence-electron chi connectivity index (χ1n) is 9.74. The molecule has 7 heteroatoms. The quantitative estimate of drug-likeness (QED) is 0.449. The van der Waals surface area contributed by atoms with Gasteiger partial charge in [-0.15, -0.1) is 0 Å². The van der Waals surface area contributed by atoms with E-state index in [9.17, 15) is 9.59 Å². The summed E-state index contributed by atoms with van der Waals surface area (Å²) in [6.07, 6.45) is -0.984. The first-order chi connectivity index (χ1) is 15.0. The Morgan fingerprint density at radius 3 is 2.42 bits per heavy atom. The molecule has 3 aromatic carbocycles. The largest absolute Gasteiger partial charge is 0.497 e. The van der Waals surface area contributed by atoms with E-state index < -0.39 is 18.0 Å². The number of aromatic amines is 1. The maximum absolute atomic E-state index is 12.6. The van der Waals surface area contributed by atoms with Crippen LogP contribution in [0.5, 0.6) is 11.5 Å². The van der Waals surface area contributed by atoms with Gasteiger partial charge in [0.2, 0.25) is 0 Å². The van der Waals surface area contributed by atoms with Gasteiger partial charge in [0, 0.05) is 17.1 Å². The molecule has 0 fully saturated rings. The minimum atomic E-state index is -0.984. The Labute approximate surface area is 178 Å². The number of fused-ring (bicyclic) bond motifs is 2. The molecule has 0 saturated carbocycles. The molecule has 31 heavy (non-hydrogen) atoms. The summed E-state index contributed by atoms with van der Waals surface area (Å²) in [6, 6.07) is 18.6. The molecule has 1 aromatic heterocycles. The van der Waals surface area contributed by atoms with Crippen molar-refractivity contribution in [2.45, 2.75) is 13.0 Å². The zero-order chi connectivity index (χ0) is 22.0. The Morgan fingerprint density at radius 1 is 0.903 bits per heavy atom. The van der Waals surface area contributed by atoms with Gasteiger partial charge in [0.25, 0.3) is 5.91 Å². The van der Waals surface area contributed by atoms with E-state index in [2.05, 4.69) is 10.3 Å². The van der Waals surface area contributed by atoms with Crippen LogP contribution in [0.4, 0.5) is 5.69 Å². The Kier molecular flexibility index (Phi) is 5.49. The van der Waals surface area contributed by atoms with Crippen LogP contribution >= 0.6 is 0 Å². The summed E-state index contributed by atoms with van der Waals surface area (Å²) in [5, 5.41) is 5.60. The third kappa shape index (κ3) is 4.16. The number of H-pyrrole nitrogens is 1. The summed E-state index contributed by atoms with van der Waals surface area (Å²) in [6.45, 7) is 1.53. The Balaban J connectivity index is 1.47. The molecular weight excluding hydrogens is 396 g/mol. The third-order valence-electron chi connectivity index (χ3n) is 5.01. The van der Waals surface area contributed by atoms with Crippen molar-refractivity contribution >= 4 is 39.2 Å². The summed E-state index contributed by atoms with van der Waals surface area (Å²) in [5.74, 6) is 0.0827. The van der Waals surface area contributed by atoms with Crippen LogP contribution in [0.25, 0.3) is 21.7 Å². The highest BCUT2D eigenvalue weighted by molar-refractivity contribution is 6.00. The first-order valence-corrected chi connectivity index (χ1v) is 9.74. The zero-order valence-electron chi connectivity index (χ0n) is 17.4. The molecule has 158 valence electrons. The molecule has 0 aliphatic carbocycles. The number of carbonyl (C=O) groups is 2. The molecular formula is C24H22N2O5. The van der Waals surface area contributed by atoms with Gasteiger partial charge in [-0.25, -0.2) is 4.79 Å². The second-order valence-electron chi connectivity index (χ2n) is 7.08. The minimum absolute atomic E-state index is 0.215. The molecule has 0 aliphatic heterocycles. The summed E-state index contributed by atoms with van der Waals surface area (Å²) < 4.78 is 16.0. The van der Waals surface area contributed by atoms with E-state index in [0.29, 0.717) is 22.7 Å². The van der Waals surface area contributed by atoms with E-state index in [1.807, 2.05) is 42.5 Å². The standard InChI is InChI=1S/C24H22N2O5/c1-14(23(27)25-18-9-8-15-6-4-5-7-16(15)10-18)31-24(28)20-12-17-11-19(29-2)13-21(30-3)22(17)26-20/h4-14,26H,1-3H3,(H,25,27). The minimum Gasteiger partial charge on any atom is -0.497 e. The van der Waals surface area contributed by atoms with Crippen molar-refractivity contribution in [1.29, 1.82) is 0 Å². The molecule has 4 aromatic rings. The lowest BCUT2D eigenvalue weighted by molar-refractivity contribution is -0.123. The van der Waals surface area contributed by atoms with Crippen LogP contribution in [-0.4, -0.2) is 37.2 Å². The van der Waals surface area contributed by atoms with Crippen molar-refractivity contribution in [2.75, 3.05) is 19.5 Å². The molecule has 0 spiro atoms. The lowest BCUT2D eigenvalue weighted by atomic mass is 10.1. The van der Waals surface area contributed by atoms with Crippen molar-refractivity contribution in [1.82, 2.24) is 4.98 Å². The topological polar surface area (TPSA) is 89.7 Å². The number of rotatable bonds is 6. The van der Waals surface area contributed by atoms with Gasteiger partial charge >= 0.3 is 5.97 Å². The van der Waals surface area contributed by atoms with Gasteiger partial charge in [-0.2, -0.15) is 0 Å². The predicted octanol–water partition coefficient (Wildman–Crippen LogP) is 4.52. The number of ether oxygens (including phenoxy) is 3. The number of carbonyl (C=O) groups excluding carboxylic acids is 2. The second-order valence-corrected chi connectivity index (χ2v) is 7.08. The average Bonchev–Trinajstić information content (AvgIpc) is 3.22. The van der Waals surface area contributed by atoms with E-state index in [1.165, 1.54) is 14.0 Å². The highest BCUT2D eigenvalue weighted by Crippen LogP contribution is 2.31. The maximum Gasteiger partial charge on any atom is 0.355 e. The fourth-order valence-corrected chi connectivity index (χ4v) is 3.36. The van der Waals surface area contributed by atoms with Gasteiger partial charge in [-0.05, 0) is 42.0 Å². The number of nitrogens with one attached hydrogen (secondary N) is 2. The van der Waals surface area contributed by atoms with Gasteiger partial charge in [0.05, 0.1) is 19.7 Å². The van der Waals surface area contributed by atoms with Gasteiger partial charge in [0.1, 0.15) is 17.2 Å². The SMILES string of the molecule is COc1cc(OC)c2[nH]c(C(=O)OC(C)C(=O)Nc3ccc4ccccc4c3)cc2c1. The number of aromatic nitrogens is 1. The second kappa shape index (κ2) is 8.39. The molecule has 0 bridgehead atoms. The normalized spacial score (nSPS) is 11.8. The smallest absolute Gasteiger partial charge is 0.355 e. The predicted molar refractivity (Wildman–Crippen MR) is 119 cm³/mol. The molecule has 7 nitrogen and oxygen atoms in total. The summed E-state index contributed by atoms with van der Waals surface area (Å²) in [4.78, 5) is 28.1. The molecule has 4 rings (SSSR count). The van der Waals surface area contributed by atoms with Crippen LogP contribution in [0.15, 0.2) is 60.7 Å². The number of esters is 1. The lowest BCUT2D eigenvalue weighted by Crippen LogP contribution is -2.30. The van der Waals surface area contributed by atoms with E-state index in [1.54, 1.807) is 25.3 Å². The molecule has 0 aliphatic rings. The number of methoxy groups -OCH3 is 2. The number of benzene rings is 3. The Bertz CT molecular complexity index is 1280. The highest BCUT2D eigenvalue weighted by atomic mass is 16.5. The van der Waals surface area contributed by atoms with Crippen LogP contribution in [-0.2, 0) is 9.53 Å². The average molecular weight is 418 g/mol. The van der Waals surface area contributed by atoms with Crippen LogP contribution in [0, 0.1) is 0 Å². The van der Waals surface area contributed by atoms with Gasteiger partial charge in [0.15, 0.2) is 6.10 Å². The molecule has 1 unspecified atom stereocenters. The Morgan fingerprint density at radius 2 is 1.68 bits per heavy atom. The monoisotopic (exact) mass is 418 g/mol. The molecule has 1 heterocycles. The van der Waals surface area contributed by atoms with E-state index in [0.717, 1.165) is 16.2 Å². The van der Waals surface area contributed by atoms with Crippen LogP contribution in [0.2, 0.25) is 0 Å². The fourth-order valence-electron chi connectivity index (χ4n) is 3.36. The molecule has 0 radical (unpaired) electrons. The van der Waals surface area contributed by atoms with Crippen LogP contribution in [0.1, 0.15) is 17.4 Å². The van der Waals surface area contributed by atoms with Crippen LogP contribution < -0.4 is 14.8 Å². The molecule has 2 N–H and O–H groups in total. The summed E-state index contributed by atoms with van der Waals surface area (Å²) in [7, 11) is 3.09. The number of hydrogen-bond donors (Lipinski definition) is 2. The maximum atomic E-state index is 12.6. The highest BCUT2D eigenvalue weighted by Gasteiger charge is 2.21. The van der Waals surface area contributed by atoms with Crippen LogP contribution in [0.3, 0.4) is 0 Å².